The fourth-order valence-electron chi connectivity index (χ4n) is 4.11. The molecule has 3 heterocycles. The first-order chi connectivity index (χ1) is 18.9. The Morgan fingerprint density at radius 3 is 2.62 bits per heavy atom. The van der Waals surface area contributed by atoms with Crippen molar-refractivity contribution < 1.29 is 33.3 Å². The predicted octanol–water partition coefficient (Wildman–Crippen LogP) is 2.43. The highest BCUT2D eigenvalue weighted by molar-refractivity contribution is 7.59. The third-order valence-electron chi connectivity index (χ3n) is 6.18. The zero-order valence-corrected chi connectivity index (χ0v) is 24.4. The number of benzene rings is 1. The van der Waals surface area contributed by atoms with Crippen LogP contribution in [0.3, 0.4) is 0 Å². The molecule has 0 bridgehead atoms. The average molecular weight is 616 g/mol. The number of hydrogen-bond donors (Lipinski definition) is 4. The van der Waals surface area contributed by atoms with Crippen LogP contribution in [0.15, 0.2) is 46.1 Å². The van der Waals surface area contributed by atoms with Crippen molar-refractivity contribution in [1.29, 1.82) is 0 Å². The number of esters is 1. The van der Waals surface area contributed by atoms with Gasteiger partial charge in [0.05, 0.1) is 18.2 Å². The Kier molecular flexibility index (Phi) is 9.43. The Balaban J connectivity index is 1.51. The molecule has 4 N–H and O–H groups in total. The molecule has 1 fully saturated rings. The van der Waals surface area contributed by atoms with Crippen molar-refractivity contribution in [1.82, 2.24) is 19.6 Å². The molecule has 40 heavy (non-hydrogen) atoms. The zero-order valence-electron chi connectivity index (χ0n) is 21.9. The molecular formula is C24H29ClN4O9PS+. The molecule has 0 aliphatic carbocycles. The minimum absolute atomic E-state index is 0.214. The van der Waals surface area contributed by atoms with Gasteiger partial charge in [-0.15, -0.1) is 11.3 Å². The van der Waals surface area contributed by atoms with Crippen LogP contribution >= 0.6 is 31.0 Å². The smallest absolute Gasteiger partial charge is 0.468 e. The van der Waals surface area contributed by atoms with Gasteiger partial charge in [-0.05, 0) is 38.1 Å². The number of ether oxygens (including phenoxy) is 2. The molecule has 0 saturated carbocycles. The lowest BCUT2D eigenvalue weighted by Gasteiger charge is -2.22. The highest BCUT2D eigenvalue weighted by Gasteiger charge is 2.50. The van der Waals surface area contributed by atoms with Gasteiger partial charge >= 0.3 is 19.8 Å². The van der Waals surface area contributed by atoms with Crippen molar-refractivity contribution in [3.05, 3.63) is 66.7 Å². The number of carbonyl (C=O) groups excluding carboxylic acids is 1. The number of aliphatic hydroxyl groups excluding tert-OH is 1. The standard InChI is InChI=1S/C24H28ClN4O9PS/c1-12-20(31)17(37-22(12)29-10-9-18(30)27-24(29)33)11-36-39(34,28-13(2)23(32)35-4)38-16-7-5-15(6-8-16)19-21(25)40-14(3)26-19/h5-10,12-13,17,20,22,28,31,34H,11H2,1-4H3/p+1/t12-,13-,17+,20-,22+,39?/m0/s1. The van der Waals surface area contributed by atoms with E-state index in [-0.39, 0.29) is 12.4 Å². The normalized spacial score (nSPS) is 23.0. The van der Waals surface area contributed by atoms with Crippen LogP contribution in [0, 0.1) is 12.8 Å². The molecule has 4 rings (SSSR count). The predicted molar refractivity (Wildman–Crippen MR) is 148 cm³/mol. The van der Waals surface area contributed by atoms with Crippen LogP contribution in [0.2, 0.25) is 4.34 Å². The molecule has 13 nitrogen and oxygen atoms in total. The number of hydrogen-bond acceptors (Lipinski definition) is 12. The Labute approximate surface area is 238 Å². The first-order valence-corrected chi connectivity index (χ1v) is 14.9. The minimum atomic E-state index is -4.01. The van der Waals surface area contributed by atoms with E-state index in [2.05, 4.69) is 15.1 Å². The largest absolute Gasteiger partial charge is 0.544 e. The summed E-state index contributed by atoms with van der Waals surface area (Å²) in [6.07, 6.45) is -1.72. The van der Waals surface area contributed by atoms with Crippen LogP contribution < -0.4 is 20.9 Å². The number of aliphatic hydroxyl groups is 1. The summed E-state index contributed by atoms with van der Waals surface area (Å²) >= 11 is 7.62. The number of thiazole rings is 1. The molecule has 1 aliphatic rings. The van der Waals surface area contributed by atoms with Gasteiger partial charge in [0.2, 0.25) is 0 Å². The lowest BCUT2D eigenvalue weighted by molar-refractivity contribution is -0.142. The SMILES string of the molecule is COC(=O)[C@H](C)N[P+](O)(OC[C@H]1O[C@@H](n2ccc(=O)[nH]c2=O)[C@@H](C)[C@@H]1O)Oc1ccc(-c2nc(C)sc2Cl)cc1. The third kappa shape index (κ3) is 6.78. The third-order valence-corrected chi connectivity index (χ3v) is 9.02. The van der Waals surface area contributed by atoms with Crippen molar-refractivity contribution >= 4 is 37.0 Å². The zero-order chi connectivity index (χ0) is 29.2. The fourth-order valence-corrected chi connectivity index (χ4v) is 6.78. The summed E-state index contributed by atoms with van der Waals surface area (Å²) in [5.41, 5.74) is 0.0898. The number of aromatic nitrogens is 3. The summed E-state index contributed by atoms with van der Waals surface area (Å²) in [7, 11) is -2.81. The minimum Gasteiger partial charge on any atom is -0.468 e. The molecule has 0 radical (unpaired) electrons. The molecule has 1 aliphatic heterocycles. The lowest BCUT2D eigenvalue weighted by Crippen LogP contribution is -2.38. The van der Waals surface area contributed by atoms with E-state index in [4.69, 9.17) is 30.1 Å². The number of H-pyrrole nitrogens is 1. The summed E-state index contributed by atoms with van der Waals surface area (Å²) in [6.45, 7) is 4.61. The maximum absolute atomic E-state index is 12.2. The topological polar surface area (TPSA) is 174 Å². The van der Waals surface area contributed by atoms with Gasteiger partial charge in [-0.3, -0.25) is 23.7 Å². The quantitative estimate of drug-likeness (QED) is 0.195. The Hall–Kier alpha value is -2.68. The van der Waals surface area contributed by atoms with E-state index in [0.717, 1.165) is 15.1 Å². The molecular weight excluding hydrogens is 587 g/mol. The number of aromatic amines is 1. The molecule has 2 aromatic heterocycles. The van der Waals surface area contributed by atoms with Gasteiger partial charge in [0, 0.05) is 23.7 Å². The Morgan fingerprint density at radius 2 is 2.02 bits per heavy atom. The van der Waals surface area contributed by atoms with Crippen LogP contribution in [0.4, 0.5) is 0 Å². The first-order valence-electron chi connectivity index (χ1n) is 12.1. The maximum atomic E-state index is 12.2. The van der Waals surface area contributed by atoms with Gasteiger partial charge in [-0.2, -0.15) is 9.42 Å². The van der Waals surface area contributed by atoms with E-state index in [0.29, 0.717) is 10.0 Å². The molecule has 0 amide bonds. The van der Waals surface area contributed by atoms with Gasteiger partial charge in [-0.1, -0.05) is 23.6 Å². The highest BCUT2D eigenvalue weighted by atomic mass is 35.5. The summed E-state index contributed by atoms with van der Waals surface area (Å²) < 4.78 is 23.8. The van der Waals surface area contributed by atoms with Crippen molar-refractivity contribution in [2.24, 2.45) is 5.92 Å². The second-order valence-corrected chi connectivity index (χ2v) is 12.6. The number of aryl methyl sites for hydroxylation is 1. The van der Waals surface area contributed by atoms with Crippen molar-refractivity contribution in [3.63, 3.8) is 0 Å². The van der Waals surface area contributed by atoms with E-state index in [1.807, 2.05) is 6.92 Å². The average Bonchev–Trinajstić information content (AvgIpc) is 3.39. The number of methoxy groups -OCH3 is 1. The van der Waals surface area contributed by atoms with Crippen LogP contribution in [0.1, 0.15) is 25.1 Å². The van der Waals surface area contributed by atoms with Crippen LogP contribution in [-0.2, 0) is 18.8 Å². The van der Waals surface area contributed by atoms with E-state index in [1.165, 1.54) is 37.6 Å². The first kappa shape index (κ1) is 30.3. The fraction of sp³-hybridized carbons (Fsp3) is 0.417. The van der Waals surface area contributed by atoms with Crippen LogP contribution in [-0.4, -0.2) is 62.5 Å². The van der Waals surface area contributed by atoms with E-state index >= 15 is 0 Å². The molecule has 1 aromatic carbocycles. The molecule has 6 atom stereocenters. The van der Waals surface area contributed by atoms with Crippen LogP contribution in [0.5, 0.6) is 5.75 Å². The summed E-state index contributed by atoms with van der Waals surface area (Å²) in [6, 6.07) is 6.74. The van der Waals surface area contributed by atoms with Crippen LogP contribution in [0.25, 0.3) is 11.3 Å². The van der Waals surface area contributed by atoms with Crippen molar-refractivity contribution in [2.45, 2.75) is 45.2 Å². The second kappa shape index (κ2) is 12.5. The van der Waals surface area contributed by atoms with Gasteiger partial charge in [-0.25, -0.2) is 9.78 Å². The number of rotatable bonds is 10. The monoisotopic (exact) mass is 615 g/mol. The van der Waals surface area contributed by atoms with Gasteiger partial charge in [0.1, 0.15) is 35.0 Å². The van der Waals surface area contributed by atoms with E-state index in [1.54, 1.807) is 31.2 Å². The Morgan fingerprint density at radius 1 is 1.32 bits per heavy atom. The highest BCUT2D eigenvalue weighted by Crippen LogP contribution is 2.54. The summed E-state index contributed by atoms with van der Waals surface area (Å²) in [4.78, 5) is 53.7. The van der Waals surface area contributed by atoms with E-state index in [9.17, 15) is 24.4 Å². The summed E-state index contributed by atoms with van der Waals surface area (Å²) in [5.74, 6) is -1.02. The maximum Gasteiger partial charge on any atom is 0.544 e. The van der Waals surface area contributed by atoms with Gasteiger partial charge in [0.25, 0.3) is 5.56 Å². The number of nitrogens with zero attached hydrogens (tertiary/aromatic N) is 2. The summed E-state index contributed by atoms with van der Waals surface area (Å²) in [5, 5.41) is 14.2. The van der Waals surface area contributed by atoms with Crippen molar-refractivity contribution in [2.75, 3.05) is 13.7 Å². The van der Waals surface area contributed by atoms with Gasteiger partial charge in [0.15, 0.2) is 5.75 Å². The molecule has 216 valence electrons. The Bertz CT molecular complexity index is 1470. The number of carbonyl (C=O) groups is 1. The number of halogens is 1. The van der Waals surface area contributed by atoms with Gasteiger partial charge < -0.3 is 14.6 Å². The van der Waals surface area contributed by atoms with Crippen molar-refractivity contribution in [3.8, 4) is 17.0 Å². The molecule has 16 heteroatoms. The number of nitrogens with one attached hydrogen (secondary N) is 2. The lowest BCUT2D eigenvalue weighted by atomic mass is 10.0. The second-order valence-electron chi connectivity index (χ2n) is 9.09. The molecule has 3 aromatic rings. The molecule has 0 spiro atoms. The molecule has 1 saturated heterocycles. The van der Waals surface area contributed by atoms with E-state index < -0.39 is 55.7 Å². The molecule has 1 unspecified atom stereocenters.